The van der Waals surface area contributed by atoms with Crippen LogP contribution >= 0.6 is 0 Å². The number of phenols is 2. The SMILES string of the molecule is CCCCC(=Nc1ccc(CCCC)c(CCCC)c1)C(CC)=Nc1ccc(CCCC)c(CCCC)c1.CCc1c(C[Si](CC)(CC)CC)ccc2c(O)c(O)ccc12.[Pd]. The van der Waals surface area contributed by atoms with Crippen molar-refractivity contribution in [1.82, 2.24) is 0 Å². The van der Waals surface area contributed by atoms with Gasteiger partial charge >= 0.3 is 0 Å². The van der Waals surface area contributed by atoms with E-state index < -0.39 is 8.07 Å². The van der Waals surface area contributed by atoms with Crippen LogP contribution < -0.4 is 0 Å². The molecule has 4 rings (SSSR count). The van der Waals surface area contributed by atoms with Gasteiger partial charge in [-0.3, -0.25) is 9.98 Å². The van der Waals surface area contributed by atoms with E-state index in [0.29, 0.717) is 0 Å². The molecule has 0 heterocycles. The van der Waals surface area contributed by atoms with E-state index in [0.717, 1.165) is 66.4 Å². The molecular weight excluding hydrogens is 855 g/mol. The summed E-state index contributed by atoms with van der Waals surface area (Å²) in [6.07, 6.45) is 19.8. The van der Waals surface area contributed by atoms with Crippen LogP contribution in [0, 0.1) is 0 Å². The minimum atomic E-state index is -1.23. The van der Waals surface area contributed by atoms with Gasteiger partial charge in [-0.05, 0) is 152 Å². The van der Waals surface area contributed by atoms with Crippen molar-refractivity contribution in [1.29, 1.82) is 0 Å². The number of aryl methyl sites for hydroxylation is 5. The first-order valence-electron chi connectivity index (χ1n) is 24.5. The second kappa shape index (κ2) is 29.3. The minimum absolute atomic E-state index is 0. The van der Waals surface area contributed by atoms with E-state index in [9.17, 15) is 10.2 Å². The van der Waals surface area contributed by atoms with E-state index in [1.165, 1.54) is 134 Å². The van der Waals surface area contributed by atoms with Crippen LogP contribution in [0.3, 0.4) is 0 Å². The molecule has 4 aromatic rings. The third-order valence-corrected chi connectivity index (χ3v) is 18.7. The average Bonchev–Trinajstić information content (AvgIpc) is 3.27. The Bertz CT molecular complexity index is 1940. The third-order valence-electron chi connectivity index (χ3n) is 13.1. The second-order valence-electron chi connectivity index (χ2n) is 17.2. The van der Waals surface area contributed by atoms with Crippen molar-refractivity contribution in [3.05, 3.63) is 94.0 Å². The molecule has 4 aromatic carbocycles. The van der Waals surface area contributed by atoms with Crippen LogP contribution in [-0.2, 0) is 58.6 Å². The molecule has 0 aliphatic rings. The molecule has 0 radical (unpaired) electrons. The van der Waals surface area contributed by atoms with Gasteiger partial charge in [0.25, 0.3) is 0 Å². The normalized spacial score (nSPS) is 12.0. The number of rotatable bonds is 25. The number of aliphatic imine (C=N–C) groups is 2. The van der Waals surface area contributed by atoms with Gasteiger partial charge in [-0.1, -0.05) is 150 Å². The van der Waals surface area contributed by atoms with E-state index in [1.807, 2.05) is 12.1 Å². The largest absolute Gasteiger partial charge is 0.504 e. The standard InChI is InChI=1S/C36H56N2.C19H28O2Si.Pd/c1-7-13-18-29-23-25-33(27-31(29)20-15-9-3)37-35(12-6)36(22-17-11-5)38-34-26-24-30(19-14-8-2)32(28-34)21-16-10-4;1-5-15-14(13-22(6-2,7-3)8-4)9-10-17-16(15)11-12-18(20)19(17)21;/h23-28H,7-22H2,1-6H3;9-12,20-21H,5-8,13H2,1-4H3;. The molecule has 0 bridgehead atoms. The smallest absolute Gasteiger partial charge is 0.165 e. The van der Waals surface area contributed by atoms with Gasteiger partial charge in [-0.25, -0.2) is 0 Å². The maximum absolute atomic E-state index is 10.1. The van der Waals surface area contributed by atoms with Crippen molar-refractivity contribution >= 4 is 41.6 Å². The van der Waals surface area contributed by atoms with Crippen molar-refractivity contribution in [3.63, 3.8) is 0 Å². The average molecular weight is 940 g/mol. The minimum Gasteiger partial charge on any atom is -0.504 e. The summed E-state index contributed by atoms with van der Waals surface area (Å²) in [5, 5.41) is 21.7. The zero-order valence-corrected chi connectivity index (χ0v) is 42.8. The fourth-order valence-corrected chi connectivity index (χ4v) is 12.0. The number of fused-ring (bicyclic) bond motifs is 1. The van der Waals surface area contributed by atoms with Crippen LogP contribution in [0.2, 0.25) is 18.1 Å². The fraction of sp³-hybridized carbons (Fsp3) is 0.564. The molecule has 0 amide bonds. The number of phenolic OH excluding ortho intramolecular Hbond substituents is 2. The van der Waals surface area contributed by atoms with Gasteiger partial charge in [0.15, 0.2) is 11.5 Å². The van der Waals surface area contributed by atoms with Crippen LogP contribution in [0.15, 0.2) is 70.6 Å². The molecular formula is C55H84N2O2PdSi. The molecule has 6 heteroatoms. The predicted molar refractivity (Wildman–Crippen MR) is 269 cm³/mol. The number of unbranched alkanes of at least 4 members (excludes halogenated alkanes) is 5. The monoisotopic (exact) mass is 939 g/mol. The van der Waals surface area contributed by atoms with Crippen molar-refractivity contribution in [2.45, 2.75) is 203 Å². The van der Waals surface area contributed by atoms with Crippen LogP contribution in [0.1, 0.15) is 180 Å². The number of aromatic hydroxyl groups is 2. The van der Waals surface area contributed by atoms with Crippen molar-refractivity contribution < 1.29 is 30.6 Å². The maximum atomic E-state index is 10.1. The van der Waals surface area contributed by atoms with Gasteiger partial charge in [0, 0.05) is 25.8 Å². The molecule has 4 nitrogen and oxygen atoms in total. The second-order valence-corrected chi connectivity index (χ2v) is 22.7. The first kappa shape index (κ1) is 54.1. The summed E-state index contributed by atoms with van der Waals surface area (Å²) in [6.45, 7) is 22.8. The molecule has 0 spiro atoms. The molecule has 0 saturated heterocycles. The Morgan fingerprint density at radius 3 is 1.38 bits per heavy atom. The molecule has 61 heavy (non-hydrogen) atoms. The summed E-state index contributed by atoms with van der Waals surface area (Å²) in [5.74, 6) is -0.0366. The summed E-state index contributed by atoms with van der Waals surface area (Å²) in [4.78, 5) is 10.5. The molecule has 0 fully saturated rings. The van der Waals surface area contributed by atoms with E-state index >= 15 is 0 Å². The van der Waals surface area contributed by atoms with Crippen molar-refractivity contribution in [2.75, 3.05) is 0 Å². The summed E-state index contributed by atoms with van der Waals surface area (Å²) in [6, 6.07) is 26.8. The van der Waals surface area contributed by atoms with Gasteiger partial charge in [-0.15, -0.1) is 0 Å². The Balaban J connectivity index is 0.000000472. The molecule has 0 aliphatic heterocycles. The molecule has 0 atom stereocenters. The topological polar surface area (TPSA) is 65.2 Å². The van der Waals surface area contributed by atoms with E-state index in [-0.39, 0.29) is 31.9 Å². The summed E-state index contributed by atoms with van der Waals surface area (Å²) in [5.41, 5.74) is 13.3. The van der Waals surface area contributed by atoms with Crippen LogP contribution in [0.25, 0.3) is 10.8 Å². The zero-order chi connectivity index (χ0) is 43.9. The van der Waals surface area contributed by atoms with Gasteiger partial charge in [0.05, 0.1) is 30.9 Å². The van der Waals surface area contributed by atoms with E-state index in [1.54, 1.807) is 6.07 Å². The fourth-order valence-electron chi connectivity index (χ4n) is 8.65. The molecule has 340 valence electrons. The van der Waals surface area contributed by atoms with E-state index in [4.69, 9.17) is 9.98 Å². The third kappa shape index (κ3) is 16.2. The molecule has 2 N–H and O–H groups in total. The van der Waals surface area contributed by atoms with Gasteiger partial charge in [0.2, 0.25) is 0 Å². The van der Waals surface area contributed by atoms with Crippen molar-refractivity contribution in [2.24, 2.45) is 9.98 Å². The van der Waals surface area contributed by atoms with Gasteiger partial charge < -0.3 is 10.2 Å². The Labute approximate surface area is 388 Å². The first-order valence-corrected chi connectivity index (χ1v) is 27.3. The van der Waals surface area contributed by atoms with E-state index in [2.05, 4.69) is 112 Å². The summed E-state index contributed by atoms with van der Waals surface area (Å²) < 4.78 is 0. The number of benzene rings is 4. The van der Waals surface area contributed by atoms with Crippen LogP contribution in [0.5, 0.6) is 11.5 Å². The number of hydrogen-bond acceptors (Lipinski definition) is 4. The molecule has 0 saturated carbocycles. The Morgan fingerprint density at radius 1 is 0.492 bits per heavy atom. The molecule has 0 unspecified atom stereocenters. The maximum Gasteiger partial charge on any atom is 0.165 e. The van der Waals surface area contributed by atoms with Crippen LogP contribution in [-0.4, -0.2) is 29.7 Å². The zero-order valence-electron chi connectivity index (χ0n) is 40.2. The number of hydrogen-bond donors (Lipinski definition) is 2. The molecule has 0 aliphatic carbocycles. The van der Waals surface area contributed by atoms with Gasteiger partial charge in [-0.2, -0.15) is 0 Å². The first-order chi connectivity index (χ1) is 29.1. The van der Waals surface area contributed by atoms with Crippen LogP contribution in [0.4, 0.5) is 11.4 Å². The Hall–Kier alpha value is -3.04. The summed E-state index contributed by atoms with van der Waals surface area (Å²) in [7, 11) is -1.23. The predicted octanol–water partition coefficient (Wildman–Crippen LogP) is 16.9. The van der Waals surface area contributed by atoms with Gasteiger partial charge in [0.1, 0.15) is 0 Å². The summed E-state index contributed by atoms with van der Waals surface area (Å²) >= 11 is 0. The molecule has 0 aromatic heterocycles. The number of nitrogens with zero attached hydrogens (tertiary/aromatic N) is 2. The Kier molecular flexibility index (Phi) is 26.0. The van der Waals surface area contributed by atoms with Crippen molar-refractivity contribution in [3.8, 4) is 11.5 Å². The Morgan fingerprint density at radius 2 is 0.934 bits per heavy atom. The quantitative estimate of drug-likeness (QED) is 0.0395.